The highest BCUT2D eigenvalue weighted by molar-refractivity contribution is 9.10. The molecule has 0 unspecified atom stereocenters. The van der Waals surface area contributed by atoms with E-state index in [0.717, 1.165) is 22.3 Å². The second kappa shape index (κ2) is 11.2. The van der Waals surface area contributed by atoms with Gasteiger partial charge in [0.15, 0.2) is 0 Å². The van der Waals surface area contributed by atoms with Crippen LogP contribution in [0.2, 0.25) is 0 Å². The maximum absolute atomic E-state index is 13.0. The van der Waals surface area contributed by atoms with Crippen molar-refractivity contribution in [1.29, 1.82) is 0 Å². The molecule has 0 aliphatic heterocycles. The van der Waals surface area contributed by atoms with E-state index >= 15 is 0 Å². The Bertz CT molecular complexity index is 1470. The minimum absolute atomic E-state index is 0.0175. The third kappa shape index (κ3) is 5.66. The first-order valence-electron chi connectivity index (χ1n) is 11.9. The number of hydrogen-bond donors (Lipinski definition) is 3. The van der Waals surface area contributed by atoms with Crippen molar-refractivity contribution < 1.29 is 14.7 Å². The van der Waals surface area contributed by atoms with Crippen LogP contribution in [-0.2, 0) is 0 Å². The highest BCUT2D eigenvalue weighted by atomic mass is 79.9. The second-order valence-corrected chi connectivity index (χ2v) is 9.56. The summed E-state index contributed by atoms with van der Waals surface area (Å²) in [5.41, 5.74) is 5.28. The SMILES string of the molecule is O=C(Nc1ccc(-c2ccccc2)cc1)c1cc(Br)cc(C(=O)Nc2ccc(-c3ccccc3)cc2)c1O. The summed E-state index contributed by atoms with van der Waals surface area (Å²) < 4.78 is 0.490. The third-order valence-electron chi connectivity index (χ3n) is 6.06. The maximum atomic E-state index is 13.0. The van der Waals surface area contributed by atoms with Crippen LogP contribution >= 0.6 is 15.9 Å². The van der Waals surface area contributed by atoms with E-state index in [1.54, 1.807) is 24.3 Å². The summed E-state index contributed by atoms with van der Waals surface area (Å²) in [5.74, 6) is -1.46. The van der Waals surface area contributed by atoms with Crippen LogP contribution in [0.5, 0.6) is 5.75 Å². The number of nitrogens with one attached hydrogen (secondary N) is 2. The molecule has 0 spiro atoms. The first kappa shape index (κ1) is 25.0. The molecule has 0 heterocycles. The number of halogens is 1. The summed E-state index contributed by atoms with van der Waals surface area (Å²) in [4.78, 5) is 26.0. The van der Waals surface area contributed by atoms with Gasteiger partial charge in [0.2, 0.25) is 0 Å². The molecule has 186 valence electrons. The summed E-state index contributed by atoms with van der Waals surface area (Å²) >= 11 is 3.35. The van der Waals surface area contributed by atoms with Crippen molar-refractivity contribution in [2.45, 2.75) is 0 Å². The van der Waals surface area contributed by atoms with Gasteiger partial charge < -0.3 is 15.7 Å². The Morgan fingerprint density at radius 3 is 1.24 bits per heavy atom. The van der Waals surface area contributed by atoms with Gasteiger partial charge in [0, 0.05) is 15.8 Å². The Hall–Kier alpha value is -4.68. The molecule has 0 bridgehead atoms. The summed E-state index contributed by atoms with van der Waals surface area (Å²) in [5, 5.41) is 16.4. The molecule has 0 radical (unpaired) electrons. The van der Waals surface area contributed by atoms with Gasteiger partial charge in [-0.3, -0.25) is 9.59 Å². The van der Waals surface area contributed by atoms with Gasteiger partial charge in [0.1, 0.15) is 5.75 Å². The molecule has 3 N–H and O–H groups in total. The number of amides is 2. The lowest BCUT2D eigenvalue weighted by Crippen LogP contribution is -2.16. The number of phenolic OH excluding ortho intramolecular Hbond substituents is 1. The molecule has 38 heavy (non-hydrogen) atoms. The van der Waals surface area contributed by atoms with Crippen molar-refractivity contribution in [3.8, 4) is 28.0 Å². The number of carbonyl (C=O) groups excluding carboxylic acids is 2. The van der Waals surface area contributed by atoms with Crippen LogP contribution in [0.25, 0.3) is 22.3 Å². The van der Waals surface area contributed by atoms with Crippen LogP contribution in [0.1, 0.15) is 20.7 Å². The number of carbonyl (C=O) groups is 2. The molecule has 6 heteroatoms. The van der Waals surface area contributed by atoms with Gasteiger partial charge in [-0.2, -0.15) is 0 Å². The molecule has 0 saturated carbocycles. The average Bonchev–Trinajstić information content (AvgIpc) is 2.95. The van der Waals surface area contributed by atoms with Gasteiger partial charge in [-0.25, -0.2) is 0 Å². The number of anilines is 2. The summed E-state index contributed by atoms with van der Waals surface area (Å²) in [6.45, 7) is 0. The fraction of sp³-hybridized carbons (Fsp3) is 0. The molecular formula is C32H23BrN2O3. The van der Waals surface area contributed by atoms with E-state index in [4.69, 9.17) is 0 Å². The molecule has 5 aromatic carbocycles. The van der Waals surface area contributed by atoms with Crippen LogP contribution in [0.15, 0.2) is 126 Å². The number of hydrogen-bond acceptors (Lipinski definition) is 3. The lowest BCUT2D eigenvalue weighted by molar-refractivity contribution is 0.102. The smallest absolute Gasteiger partial charge is 0.259 e. The minimum Gasteiger partial charge on any atom is -0.506 e. The molecule has 5 rings (SSSR count). The molecule has 0 fully saturated rings. The van der Waals surface area contributed by atoms with Crippen LogP contribution in [0, 0.1) is 0 Å². The zero-order valence-electron chi connectivity index (χ0n) is 20.2. The quantitative estimate of drug-likeness (QED) is 0.196. The van der Waals surface area contributed by atoms with Crippen molar-refractivity contribution in [3.63, 3.8) is 0 Å². The number of rotatable bonds is 6. The maximum Gasteiger partial charge on any atom is 0.259 e. The average molecular weight is 563 g/mol. The molecule has 0 atom stereocenters. The first-order chi connectivity index (χ1) is 18.5. The third-order valence-corrected chi connectivity index (χ3v) is 6.52. The second-order valence-electron chi connectivity index (χ2n) is 8.64. The zero-order valence-corrected chi connectivity index (χ0v) is 21.8. The molecule has 0 aliphatic carbocycles. The summed E-state index contributed by atoms with van der Waals surface area (Å²) in [6.07, 6.45) is 0. The lowest BCUT2D eigenvalue weighted by atomic mass is 10.0. The van der Waals surface area contributed by atoms with Gasteiger partial charge in [0.05, 0.1) is 11.1 Å². The van der Waals surface area contributed by atoms with E-state index in [-0.39, 0.29) is 11.1 Å². The van der Waals surface area contributed by atoms with Crippen molar-refractivity contribution in [2.75, 3.05) is 10.6 Å². The van der Waals surface area contributed by atoms with E-state index in [1.807, 2.05) is 84.9 Å². The molecule has 0 aromatic heterocycles. The Balaban J connectivity index is 1.31. The number of aromatic hydroxyl groups is 1. The van der Waals surface area contributed by atoms with Gasteiger partial charge in [-0.05, 0) is 58.7 Å². The molecule has 0 aliphatic rings. The van der Waals surface area contributed by atoms with E-state index in [0.29, 0.717) is 15.8 Å². The summed E-state index contributed by atoms with van der Waals surface area (Å²) in [6, 6.07) is 37.6. The molecular weight excluding hydrogens is 540 g/mol. The molecule has 0 saturated heterocycles. The van der Waals surface area contributed by atoms with Crippen molar-refractivity contribution in [3.05, 3.63) is 137 Å². The standard InChI is InChI=1S/C32H23BrN2O3/c33-25-19-28(31(37)34-26-15-11-23(12-16-26)21-7-3-1-4-8-21)30(36)29(20-25)32(38)35-27-17-13-24(14-18-27)22-9-5-2-6-10-22/h1-20,36H,(H,34,37)(H,35,38). The largest absolute Gasteiger partial charge is 0.506 e. The lowest BCUT2D eigenvalue weighted by Gasteiger charge is -2.13. The molecule has 5 nitrogen and oxygen atoms in total. The number of phenols is 1. The predicted octanol–water partition coefficient (Wildman–Crippen LogP) is 7.99. The van der Waals surface area contributed by atoms with E-state index < -0.39 is 17.6 Å². The van der Waals surface area contributed by atoms with Crippen molar-refractivity contribution >= 4 is 39.1 Å². The Morgan fingerprint density at radius 1 is 0.526 bits per heavy atom. The monoisotopic (exact) mass is 562 g/mol. The zero-order chi connectivity index (χ0) is 26.5. The van der Waals surface area contributed by atoms with Gasteiger partial charge in [0.25, 0.3) is 11.8 Å². The highest BCUT2D eigenvalue weighted by Gasteiger charge is 2.21. The van der Waals surface area contributed by atoms with E-state index in [1.165, 1.54) is 12.1 Å². The van der Waals surface area contributed by atoms with Crippen LogP contribution in [0.3, 0.4) is 0 Å². The van der Waals surface area contributed by atoms with Crippen molar-refractivity contribution in [1.82, 2.24) is 0 Å². The predicted molar refractivity (Wildman–Crippen MR) is 155 cm³/mol. The summed E-state index contributed by atoms with van der Waals surface area (Å²) in [7, 11) is 0. The van der Waals surface area contributed by atoms with E-state index in [2.05, 4.69) is 26.6 Å². The minimum atomic E-state index is -0.530. The van der Waals surface area contributed by atoms with E-state index in [9.17, 15) is 14.7 Å². The van der Waals surface area contributed by atoms with Gasteiger partial charge in [-0.15, -0.1) is 0 Å². The van der Waals surface area contributed by atoms with Crippen LogP contribution in [0.4, 0.5) is 11.4 Å². The Kier molecular flexibility index (Phi) is 7.33. The Morgan fingerprint density at radius 2 is 0.868 bits per heavy atom. The van der Waals surface area contributed by atoms with Crippen LogP contribution < -0.4 is 10.6 Å². The van der Waals surface area contributed by atoms with Gasteiger partial charge in [-0.1, -0.05) is 101 Å². The topological polar surface area (TPSA) is 78.4 Å². The molecule has 5 aromatic rings. The van der Waals surface area contributed by atoms with Crippen LogP contribution in [-0.4, -0.2) is 16.9 Å². The normalized spacial score (nSPS) is 10.6. The van der Waals surface area contributed by atoms with Crippen molar-refractivity contribution in [2.24, 2.45) is 0 Å². The number of benzene rings is 5. The highest BCUT2D eigenvalue weighted by Crippen LogP contribution is 2.30. The first-order valence-corrected chi connectivity index (χ1v) is 12.7. The molecule has 2 amide bonds. The fourth-order valence-electron chi connectivity index (χ4n) is 4.10. The fourth-order valence-corrected chi connectivity index (χ4v) is 4.55. The van der Waals surface area contributed by atoms with Gasteiger partial charge >= 0.3 is 0 Å². The Labute approximate surface area is 228 Å².